The van der Waals surface area contributed by atoms with E-state index in [-0.39, 0.29) is 16.7 Å². The number of hydrogen-bond acceptors (Lipinski definition) is 4. The third-order valence-electron chi connectivity index (χ3n) is 3.62. The van der Waals surface area contributed by atoms with Crippen LogP contribution in [0.3, 0.4) is 0 Å². The Morgan fingerprint density at radius 2 is 1.71 bits per heavy atom. The summed E-state index contributed by atoms with van der Waals surface area (Å²) >= 11 is 4.79. The highest BCUT2D eigenvalue weighted by atomic mass is 79.9. The van der Waals surface area contributed by atoms with Gasteiger partial charge in [0.1, 0.15) is 0 Å². The summed E-state index contributed by atoms with van der Waals surface area (Å²) in [5.74, 6) is -1.78. The van der Waals surface area contributed by atoms with Crippen LogP contribution in [-0.2, 0) is 14.4 Å². The minimum Gasteiger partial charge on any atom is -0.478 e. The first-order chi connectivity index (χ1) is 13.3. The fourth-order valence-corrected chi connectivity index (χ4v) is 3.36. The second kappa shape index (κ2) is 10.1. The molecule has 0 unspecified atom stereocenters. The number of rotatable bonds is 7. The molecule has 0 bridgehead atoms. The smallest absolute Gasteiger partial charge is 0.331 e. The zero-order valence-corrected chi connectivity index (χ0v) is 17.6. The first-order valence-electron chi connectivity index (χ1n) is 8.31. The van der Waals surface area contributed by atoms with E-state index >= 15 is 0 Å². The van der Waals surface area contributed by atoms with Gasteiger partial charge in [0.25, 0.3) is 0 Å². The summed E-state index contributed by atoms with van der Waals surface area (Å²) < 4.78 is 0.813. The number of benzene rings is 2. The van der Waals surface area contributed by atoms with E-state index in [0.29, 0.717) is 11.4 Å². The van der Waals surface area contributed by atoms with E-state index in [2.05, 4.69) is 26.6 Å². The van der Waals surface area contributed by atoms with E-state index in [1.54, 1.807) is 24.3 Å². The molecule has 2 rings (SSSR count). The molecule has 1 atom stereocenters. The maximum Gasteiger partial charge on any atom is 0.331 e. The first kappa shape index (κ1) is 21.7. The van der Waals surface area contributed by atoms with Crippen molar-refractivity contribution in [2.75, 3.05) is 10.6 Å². The predicted octanol–water partition coefficient (Wildman–Crippen LogP) is 4.54. The molecule has 8 heteroatoms. The van der Waals surface area contributed by atoms with Crippen molar-refractivity contribution in [3.63, 3.8) is 0 Å². The number of thioether (sulfide) groups is 1. The van der Waals surface area contributed by atoms with Crippen LogP contribution in [-0.4, -0.2) is 28.1 Å². The molecule has 0 aliphatic rings. The standard InChI is InChI=1S/C20H19BrN2O4S/c1-12(20(26)27)11-18(24)22-14-7-9-15(10-8-14)28-13(2)19(25)23-17-6-4-3-5-16(17)21/h3-11,13H,1-2H3,(H,22,24)(H,23,25)(H,26,27)/b12-11+/t13-/m1/s1. The van der Waals surface area contributed by atoms with E-state index in [4.69, 9.17) is 5.11 Å². The van der Waals surface area contributed by atoms with Crippen molar-refractivity contribution in [1.82, 2.24) is 0 Å². The van der Waals surface area contributed by atoms with E-state index in [1.165, 1.54) is 18.7 Å². The monoisotopic (exact) mass is 462 g/mol. The van der Waals surface area contributed by atoms with Gasteiger partial charge >= 0.3 is 5.97 Å². The number of para-hydroxylation sites is 1. The van der Waals surface area contributed by atoms with Crippen molar-refractivity contribution in [2.45, 2.75) is 24.0 Å². The van der Waals surface area contributed by atoms with Crippen molar-refractivity contribution in [3.8, 4) is 0 Å². The van der Waals surface area contributed by atoms with Gasteiger partial charge in [-0.15, -0.1) is 11.8 Å². The molecule has 0 aromatic heterocycles. The summed E-state index contributed by atoms with van der Waals surface area (Å²) in [5.41, 5.74) is 1.20. The molecule has 146 valence electrons. The molecule has 0 fully saturated rings. The zero-order valence-electron chi connectivity index (χ0n) is 15.2. The molecule has 0 saturated heterocycles. The van der Waals surface area contributed by atoms with Gasteiger partial charge in [0, 0.05) is 26.7 Å². The lowest BCUT2D eigenvalue weighted by Crippen LogP contribution is -2.22. The van der Waals surface area contributed by atoms with Gasteiger partial charge in [-0.05, 0) is 66.2 Å². The minimum atomic E-state index is -1.14. The van der Waals surface area contributed by atoms with E-state index < -0.39 is 11.9 Å². The number of carboxylic acids is 1. The number of aliphatic carboxylic acids is 1. The third kappa shape index (κ3) is 6.54. The first-order valence-corrected chi connectivity index (χ1v) is 9.98. The average molecular weight is 463 g/mol. The number of nitrogens with one attached hydrogen (secondary N) is 2. The Kier molecular flexibility index (Phi) is 7.83. The minimum absolute atomic E-state index is 0.0467. The maximum absolute atomic E-state index is 12.4. The molecule has 0 heterocycles. The van der Waals surface area contributed by atoms with Crippen molar-refractivity contribution < 1.29 is 19.5 Å². The number of carboxylic acid groups (broad SMARTS) is 1. The highest BCUT2D eigenvalue weighted by molar-refractivity contribution is 9.10. The Balaban J connectivity index is 1.93. The van der Waals surface area contributed by atoms with Gasteiger partial charge < -0.3 is 15.7 Å². The quantitative estimate of drug-likeness (QED) is 0.414. The van der Waals surface area contributed by atoms with Gasteiger partial charge in [0.05, 0.1) is 10.9 Å². The average Bonchev–Trinajstić information content (AvgIpc) is 2.64. The molecular formula is C20H19BrN2O4S. The zero-order chi connectivity index (χ0) is 20.7. The molecule has 2 aromatic rings. The molecule has 3 N–H and O–H groups in total. The largest absolute Gasteiger partial charge is 0.478 e. The molecule has 0 radical (unpaired) electrons. The van der Waals surface area contributed by atoms with Crippen LogP contribution in [0.4, 0.5) is 11.4 Å². The number of hydrogen-bond donors (Lipinski definition) is 3. The third-order valence-corrected chi connectivity index (χ3v) is 5.42. The number of halogens is 1. The van der Waals surface area contributed by atoms with Gasteiger partial charge in [-0.1, -0.05) is 12.1 Å². The van der Waals surface area contributed by atoms with Gasteiger partial charge in [0.2, 0.25) is 11.8 Å². The second-order valence-corrected chi connectivity index (χ2v) is 8.14. The second-order valence-electron chi connectivity index (χ2n) is 5.88. The highest BCUT2D eigenvalue weighted by Gasteiger charge is 2.15. The number of carbonyl (C=O) groups excluding carboxylic acids is 2. The number of anilines is 2. The normalized spacial score (nSPS) is 12.2. The van der Waals surface area contributed by atoms with Gasteiger partial charge in [0.15, 0.2) is 0 Å². The van der Waals surface area contributed by atoms with Crippen LogP contribution in [0.2, 0.25) is 0 Å². The van der Waals surface area contributed by atoms with Gasteiger partial charge in [-0.25, -0.2) is 4.79 Å². The Labute approximate surface area is 175 Å². The van der Waals surface area contributed by atoms with Gasteiger partial charge in [-0.2, -0.15) is 0 Å². The maximum atomic E-state index is 12.4. The number of amides is 2. The molecular weight excluding hydrogens is 444 g/mol. The lowest BCUT2D eigenvalue weighted by atomic mass is 10.2. The number of carbonyl (C=O) groups is 3. The molecule has 2 aromatic carbocycles. The summed E-state index contributed by atoms with van der Waals surface area (Å²) in [5, 5.41) is 13.9. The van der Waals surface area contributed by atoms with Crippen LogP contribution in [0, 0.1) is 0 Å². The highest BCUT2D eigenvalue weighted by Crippen LogP contribution is 2.27. The molecule has 28 heavy (non-hydrogen) atoms. The molecule has 6 nitrogen and oxygen atoms in total. The summed E-state index contributed by atoms with van der Waals surface area (Å²) in [6, 6.07) is 14.4. The summed E-state index contributed by atoms with van der Waals surface area (Å²) in [4.78, 5) is 35.7. The lowest BCUT2D eigenvalue weighted by Gasteiger charge is -2.13. The van der Waals surface area contributed by atoms with Gasteiger partial charge in [-0.3, -0.25) is 9.59 Å². The topological polar surface area (TPSA) is 95.5 Å². The molecule has 2 amide bonds. The molecule has 0 saturated carbocycles. The Morgan fingerprint density at radius 3 is 2.32 bits per heavy atom. The Morgan fingerprint density at radius 1 is 1.07 bits per heavy atom. The van der Waals surface area contributed by atoms with Crippen molar-refractivity contribution >= 4 is 56.9 Å². The summed E-state index contributed by atoms with van der Waals surface area (Å²) in [6.45, 7) is 3.16. The van der Waals surface area contributed by atoms with E-state index in [9.17, 15) is 14.4 Å². The lowest BCUT2D eigenvalue weighted by molar-refractivity contribution is -0.132. The van der Waals surface area contributed by atoms with Crippen LogP contribution in [0.5, 0.6) is 0 Å². The van der Waals surface area contributed by atoms with E-state index in [0.717, 1.165) is 15.4 Å². The van der Waals surface area contributed by atoms with Crippen molar-refractivity contribution in [3.05, 3.63) is 64.7 Å². The molecule has 0 aliphatic carbocycles. The van der Waals surface area contributed by atoms with E-state index in [1.807, 2.05) is 31.2 Å². The van der Waals surface area contributed by atoms with Crippen molar-refractivity contribution in [1.29, 1.82) is 0 Å². The van der Waals surface area contributed by atoms with Crippen molar-refractivity contribution in [2.24, 2.45) is 0 Å². The van der Waals surface area contributed by atoms with Crippen LogP contribution in [0.1, 0.15) is 13.8 Å². The predicted molar refractivity (Wildman–Crippen MR) is 115 cm³/mol. The SMILES string of the molecule is C/C(=C\C(=O)Nc1ccc(S[C@H](C)C(=O)Nc2ccccc2Br)cc1)C(=O)O. The Hall–Kier alpha value is -2.58. The fourth-order valence-electron chi connectivity index (χ4n) is 2.11. The van der Waals surface area contributed by atoms with Crippen LogP contribution < -0.4 is 10.6 Å². The summed E-state index contributed by atoms with van der Waals surface area (Å²) in [6.07, 6.45) is 1.03. The van der Waals surface area contributed by atoms with Crippen LogP contribution in [0.15, 0.2) is 69.5 Å². The summed E-state index contributed by atoms with van der Waals surface area (Å²) in [7, 11) is 0. The van der Waals surface area contributed by atoms with Crippen LogP contribution in [0.25, 0.3) is 0 Å². The molecule has 0 aliphatic heterocycles. The fraction of sp³-hybridized carbons (Fsp3) is 0.150. The van der Waals surface area contributed by atoms with Crippen LogP contribution >= 0.6 is 27.7 Å². The Bertz CT molecular complexity index is 913. The molecule has 0 spiro atoms.